The summed E-state index contributed by atoms with van der Waals surface area (Å²) in [4.78, 5) is 28.2. The highest BCUT2D eigenvalue weighted by Gasteiger charge is 2.37. The van der Waals surface area contributed by atoms with Crippen LogP contribution >= 0.6 is 0 Å². The lowest BCUT2D eigenvalue weighted by molar-refractivity contribution is 0.0519. The van der Waals surface area contributed by atoms with Crippen LogP contribution in [-0.2, 0) is 0 Å². The van der Waals surface area contributed by atoms with Crippen LogP contribution in [0, 0.1) is 0 Å². The number of aliphatic hydroxyl groups excluding tert-OH is 1. The van der Waals surface area contributed by atoms with Gasteiger partial charge in [0.1, 0.15) is 0 Å². The second-order valence-electron chi connectivity index (χ2n) is 5.70. The van der Waals surface area contributed by atoms with Crippen LogP contribution < -0.4 is 0 Å². The monoisotopic (exact) mass is 288 g/mol. The van der Waals surface area contributed by atoms with Crippen molar-refractivity contribution in [2.24, 2.45) is 0 Å². The smallest absolute Gasteiger partial charge is 0.262 e. The van der Waals surface area contributed by atoms with Gasteiger partial charge in [-0.15, -0.1) is 0 Å². The molecule has 1 aromatic rings. The predicted octanol–water partition coefficient (Wildman–Crippen LogP) is 1.48. The first-order valence-corrected chi connectivity index (χ1v) is 7.52. The zero-order valence-electron chi connectivity index (χ0n) is 12.0. The fraction of sp³-hybridized carbons (Fsp3) is 0.500. The largest absolute Gasteiger partial charge is 0.396 e. The van der Waals surface area contributed by atoms with E-state index in [0.29, 0.717) is 23.8 Å². The second kappa shape index (κ2) is 5.95. The molecule has 2 aliphatic heterocycles. The van der Waals surface area contributed by atoms with Gasteiger partial charge < -0.3 is 5.11 Å². The number of carbonyl (C=O) groups excluding carboxylic acids is 2. The highest BCUT2D eigenvalue weighted by atomic mass is 16.3. The Bertz CT molecular complexity index is 523. The van der Waals surface area contributed by atoms with Crippen LogP contribution in [0.2, 0.25) is 0 Å². The molecule has 5 nitrogen and oxygen atoms in total. The number of aliphatic hydroxyl groups is 1. The second-order valence-corrected chi connectivity index (χ2v) is 5.70. The molecule has 0 bridgehead atoms. The Labute approximate surface area is 124 Å². The molecule has 1 saturated heterocycles. The van der Waals surface area contributed by atoms with Gasteiger partial charge in [-0.05, 0) is 37.8 Å². The fourth-order valence-corrected chi connectivity index (χ4v) is 3.28. The van der Waals surface area contributed by atoms with Crippen LogP contribution in [0.3, 0.4) is 0 Å². The summed E-state index contributed by atoms with van der Waals surface area (Å²) in [6.07, 6.45) is 3.84. The van der Waals surface area contributed by atoms with Crippen molar-refractivity contribution < 1.29 is 14.7 Å². The van der Waals surface area contributed by atoms with E-state index in [2.05, 4.69) is 4.90 Å². The fourth-order valence-electron chi connectivity index (χ4n) is 3.28. The summed E-state index contributed by atoms with van der Waals surface area (Å²) < 4.78 is 0. The first-order valence-electron chi connectivity index (χ1n) is 7.52. The zero-order valence-corrected chi connectivity index (χ0v) is 12.0. The van der Waals surface area contributed by atoms with Gasteiger partial charge in [-0.1, -0.05) is 12.1 Å². The molecule has 112 valence electrons. The quantitative estimate of drug-likeness (QED) is 0.834. The van der Waals surface area contributed by atoms with Crippen molar-refractivity contribution >= 4 is 11.8 Å². The van der Waals surface area contributed by atoms with E-state index < -0.39 is 0 Å². The van der Waals surface area contributed by atoms with E-state index in [-0.39, 0.29) is 18.4 Å². The van der Waals surface area contributed by atoms with Gasteiger partial charge in [-0.25, -0.2) is 0 Å². The maximum Gasteiger partial charge on any atom is 0.262 e. The molecular weight excluding hydrogens is 268 g/mol. The van der Waals surface area contributed by atoms with Gasteiger partial charge in [0.25, 0.3) is 11.8 Å². The van der Waals surface area contributed by atoms with Gasteiger partial charge in [0, 0.05) is 19.2 Å². The number of carbonyl (C=O) groups is 2. The van der Waals surface area contributed by atoms with Crippen molar-refractivity contribution in [1.82, 2.24) is 9.80 Å². The Balaban J connectivity index is 1.71. The summed E-state index contributed by atoms with van der Waals surface area (Å²) in [5, 5.41) is 8.96. The van der Waals surface area contributed by atoms with Gasteiger partial charge >= 0.3 is 0 Å². The van der Waals surface area contributed by atoms with Crippen molar-refractivity contribution in [1.29, 1.82) is 0 Å². The molecule has 0 aliphatic carbocycles. The van der Waals surface area contributed by atoms with Crippen molar-refractivity contribution in [3.63, 3.8) is 0 Å². The summed E-state index contributed by atoms with van der Waals surface area (Å²) in [7, 11) is 0. The van der Waals surface area contributed by atoms with Crippen molar-refractivity contribution in [2.45, 2.75) is 31.7 Å². The third-order valence-electron chi connectivity index (χ3n) is 4.40. The first-order chi connectivity index (χ1) is 10.2. The molecule has 0 spiro atoms. The average Bonchev–Trinajstić information content (AvgIpc) is 3.04. The molecule has 5 heteroatoms. The molecule has 1 unspecified atom stereocenters. The predicted molar refractivity (Wildman–Crippen MR) is 77.9 cm³/mol. The molecule has 2 aliphatic rings. The normalized spacial score (nSPS) is 22.1. The Hall–Kier alpha value is -1.72. The third kappa shape index (κ3) is 2.59. The van der Waals surface area contributed by atoms with E-state index in [1.807, 2.05) is 0 Å². The molecule has 0 radical (unpaired) electrons. The van der Waals surface area contributed by atoms with Gasteiger partial charge in [0.05, 0.1) is 17.8 Å². The number of benzene rings is 1. The van der Waals surface area contributed by atoms with Crippen LogP contribution in [0.1, 0.15) is 46.4 Å². The van der Waals surface area contributed by atoms with E-state index in [1.54, 1.807) is 24.3 Å². The highest BCUT2D eigenvalue weighted by Crippen LogP contribution is 2.26. The summed E-state index contributed by atoms with van der Waals surface area (Å²) in [6.45, 7) is 1.46. The standard InChI is InChI=1S/C16H20N2O3/c19-10-4-6-12-5-3-9-17(12)11-18-15(20)13-7-1-2-8-14(13)16(18)21/h1-2,7-8,12,19H,3-6,9-11H2. The summed E-state index contributed by atoms with van der Waals surface area (Å²) >= 11 is 0. The molecule has 1 aromatic carbocycles. The maximum absolute atomic E-state index is 12.4. The van der Waals surface area contributed by atoms with Crippen LogP contribution in [-0.4, -0.2) is 52.6 Å². The molecule has 2 amide bonds. The lowest BCUT2D eigenvalue weighted by Gasteiger charge is -2.28. The van der Waals surface area contributed by atoms with E-state index >= 15 is 0 Å². The summed E-state index contributed by atoms with van der Waals surface area (Å²) in [5.41, 5.74) is 1.02. The molecule has 0 saturated carbocycles. The minimum Gasteiger partial charge on any atom is -0.396 e. The molecule has 3 rings (SSSR count). The molecule has 1 atom stereocenters. The minimum absolute atomic E-state index is 0.191. The van der Waals surface area contributed by atoms with Gasteiger partial charge in [-0.2, -0.15) is 0 Å². The number of hydrogen-bond acceptors (Lipinski definition) is 4. The van der Waals surface area contributed by atoms with Crippen LogP contribution in [0.25, 0.3) is 0 Å². The Morgan fingerprint density at radius 2 is 1.81 bits per heavy atom. The van der Waals surface area contributed by atoms with Gasteiger partial charge in [0.15, 0.2) is 0 Å². The molecular formula is C16H20N2O3. The Morgan fingerprint density at radius 3 is 2.43 bits per heavy atom. The van der Waals surface area contributed by atoms with Crippen molar-refractivity contribution in [3.05, 3.63) is 35.4 Å². The number of hydrogen-bond donors (Lipinski definition) is 1. The van der Waals surface area contributed by atoms with E-state index in [1.165, 1.54) is 4.90 Å². The number of amides is 2. The lowest BCUT2D eigenvalue weighted by atomic mass is 10.1. The van der Waals surface area contributed by atoms with Gasteiger partial charge in [-0.3, -0.25) is 19.4 Å². The van der Waals surface area contributed by atoms with E-state index in [9.17, 15) is 9.59 Å². The van der Waals surface area contributed by atoms with Crippen LogP contribution in [0.15, 0.2) is 24.3 Å². The SMILES string of the molecule is O=C1c2ccccc2C(=O)N1CN1CCCC1CCCO. The number of fused-ring (bicyclic) bond motifs is 1. The number of nitrogens with zero attached hydrogens (tertiary/aromatic N) is 2. The highest BCUT2D eigenvalue weighted by molar-refractivity contribution is 6.21. The van der Waals surface area contributed by atoms with Crippen LogP contribution in [0.4, 0.5) is 0 Å². The Morgan fingerprint density at radius 1 is 1.14 bits per heavy atom. The number of likely N-dealkylation sites (tertiary alicyclic amines) is 1. The Kier molecular flexibility index (Phi) is 4.03. The number of imide groups is 1. The van der Waals surface area contributed by atoms with Crippen molar-refractivity contribution in [3.8, 4) is 0 Å². The maximum atomic E-state index is 12.4. The molecule has 2 heterocycles. The summed E-state index contributed by atoms with van der Waals surface area (Å²) in [6, 6.07) is 7.35. The third-order valence-corrected chi connectivity index (χ3v) is 4.40. The first kappa shape index (κ1) is 14.2. The summed E-state index contributed by atoms with van der Waals surface area (Å²) in [5.74, 6) is -0.383. The van der Waals surface area contributed by atoms with E-state index in [0.717, 1.165) is 32.2 Å². The molecule has 21 heavy (non-hydrogen) atoms. The average molecular weight is 288 g/mol. The lowest BCUT2D eigenvalue weighted by Crippen LogP contribution is -2.43. The number of rotatable bonds is 5. The van der Waals surface area contributed by atoms with E-state index in [4.69, 9.17) is 5.11 Å². The molecule has 1 N–H and O–H groups in total. The topological polar surface area (TPSA) is 60.9 Å². The molecule has 1 fully saturated rings. The van der Waals surface area contributed by atoms with Crippen molar-refractivity contribution in [2.75, 3.05) is 19.8 Å². The molecule has 0 aromatic heterocycles. The van der Waals surface area contributed by atoms with Crippen LogP contribution in [0.5, 0.6) is 0 Å². The minimum atomic E-state index is -0.191. The van der Waals surface area contributed by atoms with Gasteiger partial charge in [0.2, 0.25) is 0 Å². The zero-order chi connectivity index (χ0) is 14.8.